The molecule has 24 heavy (non-hydrogen) atoms. The molecule has 2 heterocycles. The first-order valence-corrected chi connectivity index (χ1v) is 8.62. The molecule has 0 aliphatic carbocycles. The van der Waals surface area contributed by atoms with Crippen LogP contribution in [-0.4, -0.2) is 29.6 Å². The van der Waals surface area contributed by atoms with Crippen molar-refractivity contribution < 1.29 is 9.53 Å². The van der Waals surface area contributed by atoms with E-state index in [0.717, 1.165) is 25.9 Å². The summed E-state index contributed by atoms with van der Waals surface area (Å²) >= 11 is 0. The third-order valence-corrected chi connectivity index (χ3v) is 4.96. The molecule has 128 valence electrons. The van der Waals surface area contributed by atoms with Crippen molar-refractivity contribution >= 4 is 5.91 Å². The highest BCUT2D eigenvalue weighted by Crippen LogP contribution is 2.43. The minimum Gasteiger partial charge on any atom is -0.376 e. The Kier molecular flexibility index (Phi) is 4.76. The van der Waals surface area contributed by atoms with Crippen LogP contribution in [0.5, 0.6) is 0 Å². The van der Waals surface area contributed by atoms with Gasteiger partial charge in [0.25, 0.3) is 5.91 Å². The number of benzene rings is 1. The molecule has 4 heteroatoms. The highest BCUT2D eigenvalue weighted by molar-refractivity contribution is 5.92. The zero-order chi connectivity index (χ0) is 17.0. The van der Waals surface area contributed by atoms with Crippen molar-refractivity contribution in [1.29, 1.82) is 0 Å². The summed E-state index contributed by atoms with van der Waals surface area (Å²) in [6, 6.07) is 14.3. The number of aromatic amines is 1. The second kappa shape index (κ2) is 6.81. The Labute approximate surface area is 143 Å². The van der Waals surface area contributed by atoms with Gasteiger partial charge in [-0.25, -0.2) is 0 Å². The van der Waals surface area contributed by atoms with Gasteiger partial charge >= 0.3 is 0 Å². The van der Waals surface area contributed by atoms with Crippen molar-refractivity contribution in [2.45, 2.75) is 44.1 Å². The summed E-state index contributed by atoms with van der Waals surface area (Å²) in [6.07, 6.45) is 4.62. The van der Waals surface area contributed by atoms with Crippen LogP contribution in [0.3, 0.4) is 0 Å². The van der Waals surface area contributed by atoms with Gasteiger partial charge in [-0.2, -0.15) is 0 Å². The SMILES string of the molecule is CC1(C)CC(CCNC(=O)c2ccc[nH]2)(c2ccccc2)CCO1. The van der Waals surface area contributed by atoms with Gasteiger partial charge in [-0.05, 0) is 50.8 Å². The third kappa shape index (κ3) is 3.70. The Morgan fingerprint density at radius 2 is 2.00 bits per heavy atom. The molecule has 1 aliphatic rings. The first-order valence-electron chi connectivity index (χ1n) is 8.62. The Bertz CT molecular complexity index is 664. The molecular weight excluding hydrogens is 300 g/mol. The van der Waals surface area contributed by atoms with Crippen LogP contribution in [0.2, 0.25) is 0 Å². The second-order valence-electron chi connectivity index (χ2n) is 7.27. The van der Waals surface area contributed by atoms with E-state index in [1.807, 2.05) is 6.07 Å². The number of rotatable bonds is 5. The lowest BCUT2D eigenvalue weighted by Crippen LogP contribution is -2.45. The summed E-state index contributed by atoms with van der Waals surface area (Å²) in [7, 11) is 0. The number of H-pyrrole nitrogens is 1. The van der Waals surface area contributed by atoms with Crippen molar-refractivity contribution in [3.05, 3.63) is 59.9 Å². The zero-order valence-corrected chi connectivity index (χ0v) is 14.5. The summed E-state index contributed by atoms with van der Waals surface area (Å²) < 4.78 is 5.94. The molecular formula is C20H26N2O2. The van der Waals surface area contributed by atoms with Gasteiger partial charge in [-0.15, -0.1) is 0 Å². The number of carbonyl (C=O) groups excluding carboxylic acids is 1. The van der Waals surface area contributed by atoms with Crippen LogP contribution in [0.15, 0.2) is 48.7 Å². The first kappa shape index (κ1) is 16.8. The van der Waals surface area contributed by atoms with E-state index in [0.29, 0.717) is 12.2 Å². The molecule has 1 aliphatic heterocycles. The van der Waals surface area contributed by atoms with E-state index in [9.17, 15) is 4.79 Å². The quantitative estimate of drug-likeness (QED) is 0.881. The number of nitrogens with one attached hydrogen (secondary N) is 2. The molecule has 1 atom stereocenters. The van der Waals surface area contributed by atoms with E-state index in [1.165, 1.54) is 5.56 Å². The summed E-state index contributed by atoms with van der Waals surface area (Å²) in [5.74, 6) is -0.0467. The normalized spacial score (nSPS) is 22.9. The average molecular weight is 326 g/mol. The maximum Gasteiger partial charge on any atom is 0.267 e. The first-order chi connectivity index (χ1) is 11.5. The lowest BCUT2D eigenvalue weighted by atomic mass is 9.67. The summed E-state index contributed by atoms with van der Waals surface area (Å²) in [4.78, 5) is 15.1. The van der Waals surface area contributed by atoms with E-state index < -0.39 is 0 Å². The molecule has 0 bridgehead atoms. The number of hydrogen-bond donors (Lipinski definition) is 2. The van der Waals surface area contributed by atoms with E-state index in [1.54, 1.807) is 12.3 Å². The Balaban J connectivity index is 1.72. The minimum atomic E-state index is -0.141. The Hall–Kier alpha value is -2.07. The van der Waals surface area contributed by atoms with E-state index >= 15 is 0 Å². The molecule has 1 aromatic heterocycles. The van der Waals surface area contributed by atoms with E-state index in [4.69, 9.17) is 4.74 Å². The monoisotopic (exact) mass is 326 g/mol. The standard InChI is InChI=1S/C20H26N2O2/c1-19(2)15-20(11-14-24-19,16-7-4-3-5-8-16)10-13-22-18(23)17-9-6-12-21-17/h3-9,12,21H,10-11,13-15H2,1-2H3,(H,22,23). The molecule has 4 nitrogen and oxygen atoms in total. The van der Waals surface area contributed by atoms with Crippen LogP contribution >= 0.6 is 0 Å². The predicted octanol–water partition coefficient (Wildman–Crippen LogP) is 3.66. The third-order valence-electron chi connectivity index (χ3n) is 4.96. The number of ether oxygens (including phenoxy) is 1. The van der Waals surface area contributed by atoms with Crippen LogP contribution in [0.25, 0.3) is 0 Å². The van der Waals surface area contributed by atoms with Crippen molar-refractivity contribution in [2.24, 2.45) is 0 Å². The molecule has 3 rings (SSSR count). The number of carbonyl (C=O) groups is 1. The van der Waals surface area contributed by atoms with Gasteiger partial charge in [-0.3, -0.25) is 4.79 Å². The zero-order valence-electron chi connectivity index (χ0n) is 14.5. The van der Waals surface area contributed by atoms with Crippen molar-refractivity contribution in [2.75, 3.05) is 13.2 Å². The summed E-state index contributed by atoms with van der Waals surface area (Å²) in [6.45, 7) is 5.72. The topological polar surface area (TPSA) is 54.1 Å². The molecule has 0 spiro atoms. The fourth-order valence-electron chi connectivity index (χ4n) is 3.85. The Morgan fingerprint density at radius 1 is 1.21 bits per heavy atom. The van der Waals surface area contributed by atoms with Crippen molar-refractivity contribution in [3.8, 4) is 0 Å². The van der Waals surface area contributed by atoms with Gasteiger partial charge in [-0.1, -0.05) is 30.3 Å². The molecule has 1 fully saturated rings. The fraction of sp³-hybridized carbons (Fsp3) is 0.450. The number of aromatic nitrogens is 1. The van der Waals surface area contributed by atoms with Gasteiger partial charge < -0.3 is 15.0 Å². The van der Waals surface area contributed by atoms with Crippen LogP contribution in [0.1, 0.15) is 49.2 Å². The van der Waals surface area contributed by atoms with Crippen LogP contribution in [0.4, 0.5) is 0 Å². The molecule has 1 amide bonds. The number of hydrogen-bond acceptors (Lipinski definition) is 2. The smallest absolute Gasteiger partial charge is 0.267 e. The van der Waals surface area contributed by atoms with Gasteiger partial charge in [0, 0.05) is 24.8 Å². The lowest BCUT2D eigenvalue weighted by Gasteiger charge is -2.45. The predicted molar refractivity (Wildman–Crippen MR) is 95.1 cm³/mol. The molecule has 0 saturated carbocycles. The largest absolute Gasteiger partial charge is 0.376 e. The van der Waals surface area contributed by atoms with Crippen LogP contribution in [-0.2, 0) is 10.2 Å². The molecule has 2 aromatic rings. The van der Waals surface area contributed by atoms with Crippen molar-refractivity contribution in [1.82, 2.24) is 10.3 Å². The molecule has 1 aromatic carbocycles. The Morgan fingerprint density at radius 3 is 2.67 bits per heavy atom. The fourth-order valence-corrected chi connectivity index (χ4v) is 3.85. The van der Waals surface area contributed by atoms with Gasteiger partial charge in [0.05, 0.1) is 5.60 Å². The van der Waals surface area contributed by atoms with E-state index in [-0.39, 0.29) is 16.9 Å². The molecule has 1 saturated heterocycles. The highest BCUT2D eigenvalue weighted by atomic mass is 16.5. The second-order valence-corrected chi connectivity index (χ2v) is 7.27. The maximum absolute atomic E-state index is 12.1. The summed E-state index contributed by atoms with van der Waals surface area (Å²) in [5.41, 5.74) is 1.86. The van der Waals surface area contributed by atoms with Crippen LogP contribution in [0, 0.1) is 0 Å². The number of amides is 1. The summed E-state index contributed by atoms with van der Waals surface area (Å²) in [5, 5.41) is 3.04. The van der Waals surface area contributed by atoms with Crippen molar-refractivity contribution in [3.63, 3.8) is 0 Å². The molecule has 2 N–H and O–H groups in total. The highest BCUT2D eigenvalue weighted by Gasteiger charge is 2.41. The molecule has 1 unspecified atom stereocenters. The minimum absolute atomic E-state index is 0.0467. The van der Waals surface area contributed by atoms with E-state index in [2.05, 4.69) is 54.5 Å². The average Bonchev–Trinajstić information content (AvgIpc) is 3.09. The maximum atomic E-state index is 12.1. The van der Waals surface area contributed by atoms with Crippen LogP contribution < -0.4 is 5.32 Å². The lowest BCUT2D eigenvalue weighted by molar-refractivity contribution is -0.0838. The molecule has 0 radical (unpaired) electrons. The van der Waals surface area contributed by atoms with Gasteiger partial charge in [0.15, 0.2) is 0 Å². The van der Waals surface area contributed by atoms with Gasteiger partial charge in [0.2, 0.25) is 0 Å². The van der Waals surface area contributed by atoms with Gasteiger partial charge in [0.1, 0.15) is 5.69 Å².